The number of carbonyl (C=O) groups excluding carboxylic acids is 1. The van der Waals surface area contributed by atoms with Gasteiger partial charge in [-0.1, -0.05) is 30.0 Å². The molecule has 0 spiro atoms. The molecule has 7 nitrogen and oxygen atoms in total. The van der Waals surface area contributed by atoms with E-state index in [4.69, 9.17) is 4.74 Å². The number of hydrogen-bond acceptors (Lipinski definition) is 6. The van der Waals surface area contributed by atoms with Crippen molar-refractivity contribution in [3.05, 3.63) is 35.7 Å². The van der Waals surface area contributed by atoms with Gasteiger partial charge >= 0.3 is 0 Å². The third-order valence-corrected chi connectivity index (χ3v) is 6.04. The van der Waals surface area contributed by atoms with Crippen molar-refractivity contribution >= 4 is 23.4 Å². The largest absolute Gasteiger partial charge is 0.379 e. The molecule has 1 aromatic heterocycles. The number of ether oxygens (including phenoxy) is 1. The van der Waals surface area contributed by atoms with Crippen molar-refractivity contribution in [3.63, 3.8) is 0 Å². The van der Waals surface area contributed by atoms with Crippen LogP contribution in [0, 0.1) is 0 Å². The lowest BCUT2D eigenvalue weighted by molar-refractivity contribution is -0.116. The van der Waals surface area contributed by atoms with Gasteiger partial charge in [0.2, 0.25) is 5.91 Å². The van der Waals surface area contributed by atoms with Crippen LogP contribution < -0.4 is 4.90 Å². The minimum Gasteiger partial charge on any atom is -0.379 e. The molecule has 1 aromatic carbocycles. The quantitative estimate of drug-likeness (QED) is 0.705. The second-order valence-electron chi connectivity index (χ2n) is 6.74. The molecule has 27 heavy (non-hydrogen) atoms. The fourth-order valence-corrected chi connectivity index (χ4v) is 4.52. The first-order valence-electron chi connectivity index (χ1n) is 9.49. The summed E-state index contributed by atoms with van der Waals surface area (Å²) in [6.45, 7) is 7.82. The zero-order chi connectivity index (χ0) is 18.6. The van der Waals surface area contributed by atoms with Gasteiger partial charge < -0.3 is 14.2 Å². The minimum absolute atomic E-state index is 0.130. The number of fused-ring (bicyclic) bond motifs is 1. The van der Waals surface area contributed by atoms with Crippen molar-refractivity contribution in [1.29, 1.82) is 0 Å². The summed E-state index contributed by atoms with van der Waals surface area (Å²) in [6.07, 6.45) is 0.932. The van der Waals surface area contributed by atoms with Crippen LogP contribution in [0.25, 0.3) is 0 Å². The van der Waals surface area contributed by atoms with E-state index in [1.54, 1.807) is 0 Å². The summed E-state index contributed by atoms with van der Waals surface area (Å²) in [5, 5.41) is 9.54. The standard InChI is InChI=1S/C19H25N5O2S/c1-2-23-17(13-22-9-11-26-12-10-22)20-21-19(23)27-14-18(25)24-8-7-15-5-3-4-6-16(15)24/h3-6H,2,7-14H2,1H3. The van der Waals surface area contributed by atoms with Gasteiger partial charge in [-0.3, -0.25) is 9.69 Å². The van der Waals surface area contributed by atoms with E-state index in [1.807, 2.05) is 23.1 Å². The maximum Gasteiger partial charge on any atom is 0.237 e. The summed E-state index contributed by atoms with van der Waals surface area (Å²) in [7, 11) is 0. The highest BCUT2D eigenvalue weighted by Crippen LogP contribution is 2.28. The molecule has 1 saturated heterocycles. The highest BCUT2D eigenvalue weighted by Gasteiger charge is 2.25. The molecule has 0 bridgehead atoms. The number of benzene rings is 1. The predicted molar refractivity (Wildman–Crippen MR) is 105 cm³/mol. The van der Waals surface area contributed by atoms with Crippen LogP contribution in [-0.4, -0.2) is 64.2 Å². The van der Waals surface area contributed by atoms with Gasteiger partial charge in [0.15, 0.2) is 5.16 Å². The van der Waals surface area contributed by atoms with Gasteiger partial charge in [0, 0.05) is 31.9 Å². The van der Waals surface area contributed by atoms with Gasteiger partial charge in [-0.15, -0.1) is 10.2 Å². The van der Waals surface area contributed by atoms with Gasteiger partial charge in [0.1, 0.15) is 5.82 Å². The van der Waals surface area contributed by atoms with Crippen LogP contribution in [0.15, 0.2) is 29.4 Å². The third-order valence-electron chi connectivity index (χ3n) is 5.09. The highest BCUT2D eigenvalue weighted by molar-refractivity contribution is 7.99. The van der Waals surface area contributed by atoms with Crippen LogP contribution in [0.2, 0.25) is 0 Å². The molecule has 144 valence electrons. The SMILES string of the molecule is CCn1c(CN2CCOCC2)nnc1SCC(=O)N1CCc2ccccc21. The molecule has 2 aliphatic heterocycles. The highest BCUT2D eigenvalue weighted by atomic mass is 32.2. The molecule has 0 saturated carbocycles. The van der Waals surface area contributed by atoms with E-state index in [2.05, 4.69) is 32.7 Å². The summed E-state index contributed by atoms with van der Waals surface area (Å²) in [5.41, 5.74) is 2.30. The summed E-state index contributed by atoms with van der Waals surface area (Å²) < 4.78 is 7.52. The van der Waals surface area contributed by atoms with Crippen molar-refractivity contribution in [2.75, 3.05) is 43.5 Å². The number of nitrogens with zero attached hydrogens (tertiary/aromatic N) is 5. The third kappa shape index (κ3) is 4.02. The Balaban J connectivity index is 1.39. The lowest BCUT2D eigenvalue weighted by Gasteiger charge is -2.26. The lowest BCUT2D eigenvalue weighted by atomic mass is 10.2. The molecule has 3 heterocycles. The van der Waals surface area contributed by atoms with Crippen LogP contribution in [0.1, 0.15) is 18.3 Å². The Morgan fingerprint density at radius 1 is 1.19 bits per heavy atom. The zero-order valence-electron chi connectivity index (χ0n) is 15.6. The van der Waals surface area contributed by atoms with Crippen molar-refractivity contribution in [1.82, 2.24) is 19.7 Å². The molecule has 2 aromatic rings. The molecule has 2 aliphatic rings. The lowest BCUT2D eigenvalue weighted by Crippen LogP contribution is -2.36. The summed E-state index contributed by atoms with van der Waals surface area (Å²) in [4.78, 5) is 17.0. The Morgan fingerprint density at radius 2 is 2.00 bits per heavy atom. The Hall–Kier alpha value is -1.90. The van der Waals surface area contributed by atoms with E-state index in [1.165, 1.54) is 17.3 Å². The second-order valence-corrected chi connectivity index (χ2v) is 7.69. The first kappa shape index (κ1) is 18.5. The number of morpholine rings is 1. The molecule has 8 heteroatoms. The van der Waals surface area contributed by atoms with Crippen molar-refractivity contribution in [2.24, 2.45) is 0 Å². The molecule has 0 radical (unpaired) electrons. The van der Waals surface area contributed by atoms with Crippen LogP contribution >= 0.6 is 11.8 Å². The van der Waals surface area contributed by atoms with Crippen LogP contribution in [0.3, 0.4) is 0 Å². The van der Waals surface area contributed by atoms with Crippen LogP contribution in [0.5, 0.6) is 0 Å². The number of rotatable bonds is 6. The topological polar surface area (TPSA) is 63.5 Å². The first-order chi connectivity index (χ1) is 13.3. The molecule has 4 rings (SSSR count). The number of carbonyl (C=O) groups is 1. The Labute approximate surface area is 163 Å². The smallest absolute Gasteiger partial charge is 0.237 e. The number of thioether (sulfide) groups is 1. The van der Waals surface area contributed by atoms with Crippen molar-refractivity contribution in [2.45, 2.75) is 31.6 Å². The van der Waals surface area contributed by atoms with E-state index in [0.717, 1.165) is 69.0 Å². The fraction of sp³-hybridized carbons (Fsp3) is 0.526. The van der Waals surface area contributed by atoms with Gasteiger partial charge in [0.25, 0.3) is 0 Å². The minimum atomic E-state index is 0.130. The number of anilines is 1. The Morgan fingerprint density at radius 3 is 2.81 bits per heavy atom. The average molecular weight is 388 g/mol. The second kappa shape index (κ2) is 8.41. The maximum absolute atomic E-state index is 12.7. The van der Waals surface area contributed by atoms with E-state index >= 15 is 0 Å². The van der Waals surface area contributed by atoms with Crippen molar-refractivity contribution in [3.8, 4) is 0 Å². The van der Waals surface area contributed by atoms with Gasteiger partial charge in [0.05, 0.1) is 25.5 Å². The van der Waals surface area contributed by atoms with Crippen molar-refractivity contribution < 1.29 is 9.53 Å². The molecular formula is C19H25N5O2S. The monoisotopic (exact) mass is 387 g/mol. The average Bonchev–Trinajstić information content (AvgIpc) is 3.30. The summed E-state index contributed by atoms with van der Waals surface area (Å²) >= 11 is 1.48. The van der Waals surface area contributed by atoms with Crippen LogP contribution in [0.4, 0.5) is 5.69 Å². The first-order valence-corrected chi connectivity index (χ1v) is 10.5. The van der Waals surface area contributed by atoms with Crippen LogP contribution in [-0.2, 0) is 29.0 Å². The number of para-hydroxylation sites is 1. The van der Waals surface area contributed by atoms with E-state index < -0.39 is 0 Å². The Bertz CT molecular complexity index is 803. The number of aromatic nitrogens is 3. The van der Waals surface area contributed by atoms with E-state index in [9.17, 15) is 4.79 Å². The Kier molecular flexibility index (Phi) is 5.75. The molecule has 1 amide bonds. The maximum atomic E-state index is 12.7. The fourth-order valence-electron chi connectivity index (χ4n) is 3.62. The normalized spacial score (nSPS) is 17.3. The van der Waals surface area contributed by atoms with Gasteiger partial charge in [-0.05, 0) is 25.0 Å². The molecule has 1 fully saturated rings. The van der Waals surface area contributed by atoms with Gasteiger partial charge in [-0.25, -0.2) is 0 Å². The summed E-state index contributed by atoms with van der Waals surface area (Å²) in [6, 6.07) is 8.14. The molecule has 0 N–H and O–H groups in total. The number of amides is 1. The number of hydrogen-bond donors (Lipinski definition) is 0. The molecular weight excluding hydrogens is 362 g/mol. The zero-order valence-corrected chi connectivity index (χ0v) is 16.5. The van der Waals surface area contributed by atoms with E-state index in [0.29, 0.717) is 5.75 Å². The summed E-state index contributed by atoms with van der Waals surface area (Å²) in [5.74, 6) is 1.47. The predicted octanol–water partition coefficient (Wildman–Crippen LogP) is 1.81. The van der Waals surface area contributed by atoms with E-state index in [-0.39, 0.29) is 5.91 Å². The molecule has 0 unspecified atom stereocenters. The molecule has 0 aliphatic carbocycles. The van der Waals surface area contributed by atoms with Gasteiger partial charge in [-0.2, -0.15) is 0 Å². The molecule has 0 atom stereocenters.